The van der Waals surface area contributed by atoms with Gasteiger partial charge in [0.05, 0.1) is 27.0 Å². The van der Waals surface area contributed by atoms with Crippen molar-refractivity contribution in [3.05, 3.63) is 69.1 Å². The van der Waals surface area contributed by atoms with Gasteiger partial charge in [-0.15, -0.1) is 22.7 Å². The number of aromatic nitrogens is 2. The molecule has 0 fully saturated rings. The molecule has 0 aliphatic heterocycles. The van der Waals surface area contributed by atoms with Crippen LogP contribution in [0.25, 0.3) is 26.0 Å². The van der Waals surface area contributed by atoms with Gasteiger partial charge in [-0.25, -0.2) is 10.6 Å². The van der Waals surface area contributed by atoms with Crippen molar-refractivity contribution in [3.63, 3.8) is 0 Å². The Morgan fingerprint density at radius 2 is 1.93 bits per heavy atom. The second-order valence-corrected chi connectivity index (χ2v) is 8.76. The summed E-state index contributed by atoms with van der Waals surface area (Å²) in [5.41, 5.74) is 3.50. The molecule has 2 N–H and O–H groups in total. The molecule has 138 valence electrons. The normalized spacial score (nSPS) is 11.3. The Balaban J connectivity index is 1.89. The lowest BCUT2D eigenvalue weighted by atomic mass is 10.2. The summed E-state index contributed by atoms with van der Waals surface area (Å²) in [5, 5.41) is 7.89. The van der Waals surface area contributed by atoms with Gasteiger partial charge in [0.2, 0.25) is 0 Å². The second kappa shape index (κ2) is 7.75. The Labute approximate surface area is 174 Å². The molecule has 4 aromatic rings. The molecule has 0 atom stereocenters. The van der Waals surface area contributed by atoms with Crippen LogP contribution in [0.4, 0.5) is 0 Å². The van der Waals surface area contributed by atoms with Crippen molar-refractivity contribution >= 4 is 45.9 Å². The van der Waals surface area contributed by atoms with Crippen LogP contribution in [0.15, 0.2) is 47.8 Å². The van der Waals surface area contributed by atoms with Gasteiger partial charge in [-0.1, -0.05) is 29.3 Å². The van der Waals surface area contributed by atoms with E-state index >= 15 is 0 Å². The third kappa shape index (κ3) is 3.57. The molecule has 27 heavy (non-hydrogen) atoms. The van der Waals surface area contributed by atoms with Crippen molar-refractivity contribution in [2.45, 2.75) is 13.5 Å². The van der Waals surface area contributed by atoms with Crippen LogP contribution in [-0.2, 0) is 11.4 Å². The first kappa shape index (κ1) is 18.7. The average Bonchev–Trinajstić information content (AvgIpc) is 3.36. The first-order valence-corrected chi connectivity index (χ1v) is 10.5. The molecule has 4 rings (SSSR count). The van der Waals surface area contributed by atoms with Crippen molar-refractivity contribution in [1.82, 2.24) is 9.78 Å². The third-order valence-electron chi connectivity index (χ3n) is 4.18. The largest absolute Gasteiger partial charge is 0.298 e. The quantitative estimate of drug-likeness (QED) is 0.372. The van der Waals surface area contributed by atoms with Gasteiger partial charge in [-0.3, -0.25) is 4.84 Å². The van der Waals surface area contributed by atoms with E-state index in [1.54, 1.807) is 34.8 Å². The molecule has 0 radical (unpaired) electrons. The van der Waals surface area contributed by atoms with E-state index in [-0.39, 0.29) is 6.61 Å². The molecule has 0 spiro atoms. The van der Waals surface area contributed by atoms with Crippen LogP contribution < -0.4 is 5.90 Å². The van der Waals surface area contributed by atoms with Gasteiger partial charge < -0.3 is 0 Å². The average molecular weight is 436 g/mol. The Kier molecular flexibility index (Phi) is 5.36. The number of nitrogens with two attached hydrogens (primary N) is 1. The van der Waals surface area contributed by atoms with Gasteiger partial charge in [0.1, 0.15) is 6.61 Å². The van der Waals surface area contributed by atoms with Crippen molar-refractivity contribution in [3.8, 4) is 26.0 Å². The molecule has 0 aliphatic rings. The fourth-order valence-corrected chi connectivity index (χ4v) is 5.31. The molecule has 0 amide bonds. The highest BCUT2D eigenvalue weighted by molar-refractivity contribution is 7.23. The minimum absolute atomic E-state index is 0.222. The molecule has 0 bridgehead atoms. The first-order valence-electron chi connectivity index (χ1n) is 8.08. The fourth-order valence-electron chi connectivity index (χ4n) is 2.89. The minimum Gasteiger partial charge on any atom is -0.298 e. The summed E-state index contributed by atoms with van der Waals surface area (Å²) in [6, 6.07) is 13.8. The minimum atomic E-state index is 0.222. The van der Waals surface area contributed by atoms with E-state index < -0.39 is 0 Å². The van der Waals surface area contributed by atoms with Crippen LogP contribution in [-0.4, -0.2) is 9.78 Å². The number of halogens is 2. The summed E-state index contributed by atoms with van der Waals surface area (Å²) >= 11 is 16.0. The van der Waals surface area contributed by atoms with Crippen LogP contribution in [0, 0.1) is 6.92 Å². The van der Waals surface area contributed by atoms with Crippen LogP contribution in [0.1, 0.15) is 11.3 Å². The van der Waals surface area contributed by atoms with Gasteiger partial charge in [0.15, 0.2) is 0 Å². The van der Waals surface area contributed by atoms with E-state index in [1.807, 2.05) is 17.7 Å². The summed E-state index contributed by atoms with van der Waals surface area (Å²) in [5.74, 6) is 5.30. The maximum atomic E-state index is 6.45. The Bertz CT molecular complexity index is 1090. The molecule has 0 saturated carbocycles. The topological polar surface area (TPSA) is 53.1 Å². The lowest BCUT2D eigenvalue weighted by Crippen LogP contribution is -2.02. The Hall–Kier alpha value is -1.67. The lowest BCUT2D eigenvalue weighted by Gasteiger charge is -2.09. The van der Waals surface area contributed by atoms with Gasteiger partial charge in [-0.2, -0.15) is 5.10 Å². The monoisotopic (exact) mass is 435 g/mol. The van der Waals surface area contributed by atoms with E-state index in [2.05, 4.69) is 29.6 Å². The van der Waals surface area contributed by atoms with Gasteiger partial charge >= 0.3 is 0 Å². The molecular formula is C19H15Cl2N3OS2. The molecule has 1 aromatic carbocycles. The van der Waals surface area contributed by atoms with Gasteiger partial charge in [0, 0.05) is 20.3 Å². The summed E-state index contributed by atoms with van der Waals surface area (Å²) < 4.78 is 1.84. The standard InChI is InChI=1S/C19H15Cl2N3OS2/c1-11-14(10-25-22)23-24(15-5-4-12(20)9-13(15)21)19(11)18-7-6-17(27-18)16-3-2-8-26-16/h2-9H,10,22H2,1H3. The highest BCUT2D eigenvalue weighted by atomic mass is 35.5. The zero-order chi connectivity index (χ0) is 19.0. The zero-order valence-electron chi connectivity index (χ0n) is 14.3. The third-order valence-corrected chi connectivity index (χ3v) is 6.88. The Morgan fingerprint density at radius 3 is 2.63 bits per heavy atom. The lowest BCUT2D eigenvalue weighted by molar-refractivity contribution is 0.120. The Morgan fingerprint density at radius 1 is 1.11 bits per heavy atom. The van der Waals surface area contributed by atoms with Crippen LogP contribution in [0.2, 0.25) is 10.0 Å². The summed E-state index contributed by atoms with van der Waals surface area (Å²) in [7, 11) is 0. The molecule has 0 unspecified atom stereocenters. The predicted octanol–water partition coefficient (Wildman–Crippen LogP) is 6.33. The number of thiophene rings is 2. The van der Waals surface area contributed by atoms with E-state index in [0.29, 0.717) is 10.0 Å². The van der Waals surface area contributed by atoms with Crippen molar-refractivity contribution in [1.29, 1.82) is 0 Å². The summed E-state index contributed by atoms with van der Waals surface area (Å²) in [6.07, 6.45) is 0. The highest BCUT2D eigenvalue weighted by Gasteiger charge is 2.20. The van der Waals surface area contributed by atoms with Crippen LogP contribution in [0.5, 0.6) is 0 Å². The number of nitrogens with zero attached hydrogens (tertiary/aromatic N) is 2. The maximum Gasteiger partial charge on any atom is 0.112 e. The molecule has 0 aliphatic carbocycles. The second-order valence-electron chi connectivity index (χ2n) is 5.88. The SMILES string of the molecule is Cc1c(CON)nn(-c2ccc(Cl)cc2Cl)c1-c1ccc(-c2cccs2)s1. The van der Waals surface area contributed by atoms with E-state index in [1.165, 1.54) is 9.75 Å². The number of hydrogen-bond donors (Lipinski definition) is 1. The van der Waals surface area contributed by atoms with Crippen molar-refractivity contribution < 1.29 is 4.84 Å². The molecule has 3 heterocycles. The molecule has 3 aromatic heterocycles. The fraction of sp³-hybridized carbons (Fsp3) is 0.105. The highest BCUT2D eigenvalue weighted by Crippen LogP contribution is 2.40. The molecule has 8 heteroatoms. The van der Waals surface area contributed by atoms with Crippen LogP contribution >= 0.6 is 45.9 Å². The zero-order valence-corrected chi connectivity index (χ0v) is 17.4. The summed E-state index contributed by atoms with van der Waals surface area (Å²) in [4.78, 5) is 8.39. The number of rotatable bonds is 5. The van der Waals surface area contributed by atoms with Crippen molar-refractivity contribution in [2.24, 2.45) is 5.90 Å². The van der Waals surface area contributed by atoms with E-state index in [4.69, 9.17) is 39.0 Å². The van der Waals surface area contributed by atoms with Crippen molar-refractivity contribution in [2.75, 3.05) is 0 Å². The molecular weight excluding hydrogens is 421 g/mol. The number of benzene rings is 1. The molecule has 4 nitrogen and oxygen atoms in total. The predicted molar refractivity (Wildman–Crippen MR) is 114 cm³/mol. The smallest absolute Gasteiger partial charge is 0.112 e. The maximum absolute atomic E-state index is 6.45. The van der Waals surface area contributed by atoms with Gasteiger partial charge in [-0.05, 0) is 48.7 Å². The number of hydrogen-bond acceptors (Lipinski definition) is 5. The summed E-state index contributed by atoms with van der Waals surface area (Å²) in [6.45, 7) is 2.24. The van der Waals surface area contributed by atoms with Gasteiger partial charge in [0.25, 0.3) is 0 Å². The van der Waals surface area contributed by atoms with E-state index in [9.17, 15) is 0 Å². The van der Waals surface area contributed by atoms with Crippen LogP contribution in [0.3, 0.4) is 0 Å². The molecule has 0 saturated heterocycles. The van der Waals surface area contributed by atoms with E-state index in [0.717, 1.165) is 27.5 Å². The first-order chi connectivity index (χ1) is 13.1.